The van der Waals surface area contributed by atoms with Crippen molar-refractivity contribution in [3.8, 4) is 6.07 Å². The maximum Gasteiger partial charge on any atom is 0.282 e. The fraction of sp³-hybridized carbons (Fsp3) is 0.459. The summed E-state index contributed by atoms with van der Waals surface area (Å²) in [5.74, 6) is -2.12. The molecule has 3 atom stereocenters. The number of nitriles is 1. The Morgan fingerprint density at radius 2 is 1.94 bits per heavy atom. The summed E-state index contributed by atoms with van der Waals surface area (Å²) in [5.41, 5.74) is 4.60. The van der Waals surface area contributed by atoms with Gasteiger partial charge in [0, 0.05) is 74.2 Å². The fourth-order valence-electron chi connectivity index (χ4n) is 7.60. The van der Waals surface area contributed by atoms with Crippen molar-refractivity contribution < 1.29 is 19.1 Å². The number of piperazine rings is 1. The van der Waals surface area contributed by atoms with E-state index in [1.807, 2.05) is 19.9 Å². The second kappa shape index (κ2) is 13.5. The molecule has 3 aliphatic heterocycles. The molecule has 1 aromatic heterocycles. The zero-order valence-electron chi connectivity index (χ0n) is 28.0. The molecule has 6 rings (SSSR count). The molecule has 11 heteroatoms. The zero-order chi connectivity index (χ0) is 34.2. The molecule has 3 aliphatic rings. The molecule has 252 valence electrons. The van der Waals surface area contributed by atoms with Crippen LogP contribution in [0.5, 0.6) is 0 Å². The standard InChI is InChI=1S/C37H44FN7O3/c1-24-7-5-8-27-9-6-10-32(34(24)27)43-15-12-29-31(22-43)41-30(35(46)40-25(2)20-42-16-13-37(4,48)23-42)19-33(29)44-17-18-45(36(47)26(3)38)28(21-44)11-14-39/h5-10,19,25,28,48H,3,11-13,15-18,20-23H2,1-2,4H3,(H,40,46)/t25?,28-,37?/m0/s1. The summed E-state index contributed by atoms with van der Waals surface area (Å²) >= 11 is 0. The van der Waals surface area contributed by atoms with Gasteiger partial charge < -0.3 is 25.1 Å². The lowest BCUT2D eigenvalue weighted by atomic mass is 9.97. The molecule has 48 heavy (non-hydrogen) atoms. The summed E-state index contributed by atoms with van der Waals surface area (Å²) in [6, 6.07) is 15.9. The van der Waals surface area contributed by atoms with Gasteiger partial charge in [0.1, 0.15) is 5.69 Å². The van der Waals surface area contributed by atoms with Gasteiger partial charge in [-0.15, -0.1) is 0 Å². The molecule has 2 saturated heterocycles. The van der Waals surface area contributed by atoms with Crippen molar-refractivity contribution in [2.24, 2.45) is 0 Å². The number of benzene rings is 2. The first-order valence-electron chi connectivity index (χ1n) is 16.7. The van der Waals surface area contributed by atoms with Gasteiger partial charge in [-0.1, -0.05) is 36.9 Å². The number of halogens is 1. The zero-order valence-corrected chi connectivity index (χ0v) is 28.0. The van der Waals surface area contributed by atoms with Crippen LogP contribution in [0, 0.1) is 18.3 Å². The van der Waals surface area contributed by atoms with E-state index in [4.69, 9.17) is 4.98 Å². The third kappa shape index (κ3) is 6.86. The van der Waals surface area contributed by atoms with E-state index in [-0.39, 0.29) is 24.9 Å². The molecule has 0 radical (unpaired) electrons. The Kier molecular flexibility index (Phi) is 9.41. The molecule has 0 bridgehead atoms. The van der Waals surface area contributed by atoms with Gasteiger partial charge in [0.05, 0.1) is 36.4 Å². The number of amides is 2. The second-order valence-electron chi connectivity index (χ2n) is 13.8. The molecule has 10 nitrogen and oxygen atoms in total. The lowest BCUT2D eigenvalue weighted by molar-refractivity contribution is -0.131. The van der Waals surface area contributed by atoms with E-state index in [9.17, 15) is 24.3 Å². The Labute approximate surface area is 281 Å². The first-order chi connectivity index (χ1) is 22.9. The summed E-state index contributed by atoms with van der Waals surface area (Å²) in [4.78, 5) is 39.3. The van der Waals surface area contributed by atoms with Crippen LogP contribution in [0.25, 0.3) is 10.8 Å². The molecule has 2 aromatic carbocycles. The van der Waals surface area contributed by atoms with Crippen molar-refractivity contribution in [3.05, 3.63) is 77.4 Å². The average molecular weight is 654 g/mol. The van der Waals surface area contributed by atoms with Crippen LogP contribution in [0.2, 0.25) is 0 Å². The normalized spacial score (nSPS) is 21.9. The van der Waals surface area contributed by atoms with E-state index in [1.165, 1.54) is 21.2 Å². The van der Waals surface area contributed by atoms with Crippen LogP contribution < -0.4 is 15.1 Å². The number of nitrogens with one attached hydrogen (secondary N) is 1. The van der Waals surface area contributed by atoms with Gasteiger partial charge in [-0.2, -0.15) is 5.26 Å². The van der Waals surface area contributed by atoms with Gasteiger partial charge in [-0.25, -0.2) is 9.37 Å². The molecule has 3 aromatic rings. The number of nitrogens with zero attached hydrogens (tertiary/aromatic N) is 6. The molecule has 2 fully saturated rings. The van der Waals surface area contributed by atoms with E-state index in [1.54, 1.807) is 0 Å². The monoisotopic (exact) mass is 653 g/mol. The third-order valence-electron chi connectivity index (χ3n) is 9.91. The lowest BCUT2D eigenvalue weighted by Crippen LogP contribution is -2.55. The van der Waals surface area contributed by atoms with Gasteiger partial charge in [0.25, 0.3) is 11.8 Å². The summed E-state index contributed by atoms with van der Waals surface area (Å²) < 4.78 is 13.9. The molecule has 2 N–H and O–H groups in total. The minimum atomic E-state index is -1.04. The highest BCUT2D eigenvalue weighted by molar-refractivity contribution is 5.97. The number of pyridine rings is 1. The van der Waals surface area contributed by atoms with Gasteiger partial charge in [0.2, 0.25) is 0 Å². The molecule has 4 heterocycles. The van der Waals surface area contributed by atoms with Crippen LogP contribution in [0.1, 0.15) is 54.0 Å². The topological polar surface area (TPSA) is 116 Å². The van der Waals surface area contributed by atoms with Crippen LogP contribution in [0.4, 0.5) is 15.8 Å². The van der Waals surface area contributed by atoms with E-state index < -0.39 is 23.4 Å². The number of aromatic nitrogens is 1. The summed E-state index contributed by atoms with van der Waals surface area (Å²) in [6.07, 6.45) is 1.43. The number of hydrogen-bond donors (Lipinski definition) is 2. The maximum atomic E-state index is 13.9. The van der Waals surface area contributed by atoms with Crippen LogP contribution in [-0.2, 0) is 17.8 Å². The highest BCUT2D eigenvalue weighted by Gasteiger charge is 2.35. The molecule has 2 unspecified atom stereocenters. The van der Waals surface area contributed by atoms with Gasteiger partial charge in [0.15, 0.2) is 5.83 Å². The van der Waals surface area contributed by atoms with Gasteiger partial charge >= 0.3 is 0 Å². The second-order valence-corrected chi connectivity index (χ2v) is 13.8. The van der Waals surface area contributed by atoms with E-state index in [0.717, 1.165) is 35.7 Å². The minimum Gasteiger partial charge on any atom is -0.389 e. The number of carbonyl (C=O) groups excluding carboxylic acids is 2. The SMILES string of the molecule is C=C(F)C(=O)N1CCN(c2cc(C(=O)NC(C)CN3CCC(C)(O)C3)nc3c2CCN(c2cccc4cccc(C)c24)C3)C[C@@H]1CC#N. The number of hydrogen-bond acceptors (Lipinski definition) is 8. The first-order valence-corrected chi connectivity index (χ1v) is 16.7. The Balaban J connectivity index is 1.32. The number of aryl methyl sites for hydroxylation is 1. The highest BCUT2D eigenvalue weighted by Crippen LogP contribution is 2.36. The molecular formula is C37H44FN7O3. The number of β-amino-alcohol motifs (C(OH)–C–C–N with tert-alkyl or cyclic N) is 1. The number of likely N-dealkylation sites (tertiary alicyclic amines) is 1. The van der Waals surface area contributed by atoms with Crippen molar-refractivity contribution in [2.75, 3.05) is 55.6 Å². The van der Waals surface area contributed by atoms with Crippen molar-refractivity contribution in [1.82, 2.24) is 20.1 Å². The first kappa shape index (κ1) is 33.4. The van der Waals surface area contributed by atoms with E-state index in [2.05, 4.69) is 76.0 Å². The molecule has 0 spiro atoms. The molecule has 0 saturated carbocycles. The molecular weight excluding hydrogens is 609 g/mol. The number of aliphatic hydroxyl groups is 1. The van der Waals surface area contributed by atoms with Crippen LogP contribution in [0.15, 0.2) is 54.9 Å². The highest BCUT2D eigenvalue weighted by atomic mass is 19.1. The van der Waals surface area contributed by atoms with Crippen molar-refractivity contribution >= 4 is 34.0 Å². The summed E-state index contributed by atoms with van der Waals surface area (Å²) in [6.45, 7) is 13.3. The number of rotatable bonds is 8. The van der Waals surface area contributed by atoms with Gasteiger partial charge in [-0.05, 0) is 56.7 Å². The lowest BCUT2D eigenvalue weighted by Gasteiger charge is -2.43. The molecule has 2 amide bonds. The Hall–Kier alpha value is -4.53. The van der Waals surface area contributed by atoms with Gasteiger partial charge in [-0.3, -0.25) is 14.5 Å². The predicted octanol–water partition coefficient (Wildman–Crippen LogP) is 4.10. The quantitative estimate of drug-likeness (QED) is 0.350. The maximum absolute atomic E-state index is 13.9. The average Bonchev–Trinajstić information content (AvgIpc) is 3.40. The largest absolute Gasteiger partial charge is 0.389 e. The fourth-order valence-corrected chi connectivity index (χ4v) is 7.60. The Morgan fingerprint density at radius 3 is 2.65 bits per heavy atom. The number of carbonyl (C=O) groups is 2. The summed E-state index contributed by atoms with van der Waals surface area (Å²) in [5, 5.41) is 25.4. The Morgan fingerprint density at radius 1 is 1.17 bits per heavy atom. The smallest absolute Gasteiger partial charge is 0.282 e. The minimum absolute atomic E-state index is 0.0469. The van der Waals surface area contributed by atoms with Crippen molar-refractivity contribution in [3.63, 3.8) is 0 Å². The van der Waals surface area contributed by atoms with Crippen LogP contribution in [-0.4, -0.2) is 95.2 Å². The Bertz CT molecular complexity index is 1780. The van der Waals surface area contributed by atoms with Crippen LogP contribution >= 0.6 is 0 Å². The van der Waals surface area contributed by atoms with Crippen molar-refractivity contribution in [1.29, 1.82) is 5.26 Å². The van der Waals surface area contributed by atoms with Crippen LogP contribution in [0.3, 0.4) is 0 Å². The van der Waals surface area contributed by atoms with E-state index in [0.29, 0.717) is 51.3 Å². The van der Waals surface area contributed by atoms with Crippen molar-refractivity contribution in [2.45, 2.75) is 64.3 Å². The predicted molar refractivity (Wildman–Crippen MR) is 184 cm³/mol. The third-order valence-corrected chi connectivity index (χ3v) is 9.91. The summed E-state index contributed by atoms with van der Waals surface area (Å²) in [7, 11) is 0. The number of anilines is 2. The van der Waals surface area contributed by atoms with E-state index >= 15 is 0 Å². The molecule has 0 aliphatic carbocycles. The number of fused-ring (bicyclic) bond motifs is 2.